The molecule has 0 spiro atoms. The van der Waals surface area contributed by atoms with Gasteiger partial charge in [-0.3, -0.25) is 0 Å². The van der Waals surface area contributed by atoms with Crippen LogP contribution in [0, 0.1) is 0 Å². The van der Waals surface area contributed by atoms with Gasteiger partial charge in [0.05, 0.1) is 30.5 Å². The van der Waals surface area contributed by atoms with Gasteiger partial charge in [-0.2, -0.15) is 0 Å². The molecule has 0 bridgehead atoms. The van der Waals surface area contributed by atoms with Gasteiger partial charge in [-0.1, -0.05) is 0 Å². The van der Waals surface area contributed by atoms with Crippen LogP contribution in [-0.4, -0.2) is 18.8 Å². The Hall–Kier alpha value is -0.900. The molecule has 0 aromatic heterocycles. The maximum Gasteiger partial charge on any atom is 0.334 e. The van der Waals surface area contributed by atoms with E-state index in [1.165, 1.54) is 25.4 Å². The lowest BCUT2D eigenvalue weighted by Crippen LogP contribution is -2.06. The van der Waals surface area contributed by atoms with Gasteiger partial charge in [0.15, 0.2) is 0 Å². The lowest BCUT2D eigenvalue weighted by Gasteiger charge is -1.99. The monoisotopic (exact) mass is 172 g/mol. The van der Waals surface area contributed by atoms with E-state index in [4.69, 9.17) is 4.18 Å². The summed E-state index contributed by atoms with van der Waals surface area (Å²) in [6.07, 6.45) is 4.89. The number of carbonyl (C=O) groups excluding carboxylic acids is 1. The molecule has 1 aliphatic rings. The molecular formula is C7H8O3S. The SMILES string of the molecule is COC(=O)C1=CC=COSC1. The van der Waals surface area contributed by atoms with Crippen LogP contribution in [0.25, 0.3) is 0 Å². The van der Waals surface area contributed by atoms with Gasteiger partial charge in [-0.05, 0) is 12.2 Å². The van der Waals surface area contributed by atoms with Gasteiger partial charge in [0.25, 0.3) is 0 Å². The highest BCUT2D eigenvalue weighted by molar-refractivity contribution is 7.94. The summed E-state index contributed by atoms with van der Waals surface area (Å²) in [5.74, 6) is 0.229. The molecule has 11 heavy (non-hydrogen) atoms. The second-order valence-electron chi connectivity index (χ2n) is 1.87. The molecule has 0 unspecified atom stereocenters. The van der Waals surface area contributed by atoms with Gasteiger partial charge in [-0.15, -0.1) is 0 Å². The van der Waals surface area contributed by atoms with Gasteiger partial charge in [0, 0.05) is 0 Å². The van der Waals surface area contributed by atoms with Gasteiger partial charge in [0.2, 0.25) is 0 Å². The Labute approximate surface area is 69.3 Å². The molecule has 0 amide bonds. The van der Waals surface area contributed by atoms with Crippen molar-refractivity contribution in [2.75, 3.05) is 12.9 Å². The molecule has 4 heteroatoms. The Morgan fingerprint density at radius 3 is 3.36 bits per heavy atom. The number of hydrogen-bond acceptors (Lipinski definition) is 4. The first-order valence-electron chi connectivity index (χ1n) is 3.07. The van der Waals surface area contributed by atoms with Gasteiger partial charge >= 0.3 is 5.97 Å². The van der Waals surface area contributed by atoms with Crippen molar-refractivity contribution in [3.8, 4) is 0 Å². The van der Waals surface area contributed by atoms with Crippen LogP contribution in [0.3, 0.4) is 0 Å². The van der Waals surface area contributed by atoms with Crippen molar-refractivity contribution in [1.29, 1.82) is 0 Å². The minimum Gasteiger partial charge on any atom is -0.466 e. The number of rotatable bonds is 1. The second-order valence-corrected chi connectivity index (χ2v) is 2.59. The molecule has 1 rings (SSSR count). The van der Waals surface area contributed by atoms with Crippen molar-refractivity contribution in [2.45, 2.75) is 0 Å². The molecule has 3 nitrogen and oxygen atoms in total. The minimum atomic E-state index is -0.298. The van der Waals surface area contributed by atoms with Crippen LogP contribution in [0.1, 0.15) is 0 Å². The molecule has 0 aromatic carbocycles. The molecule has 1 heterocycles. The summed E-state index contributed by atoms with van der Waals surface area (Å²) >= 11 is 1.21. The van der Waals surface area contributed by atoms with E-state index in [9.17, 15) is 4.79 Å². The highest BCUT2D eigenvalue weighted by Gasteiger charge is 2.10. The smallest absolute Gasteiger partial charge is 0.334 e. The summed E-state index contributed by atoms with van der Waals surface area (Å²) in [6.45, 7) is 0. The topological polar surface area (TPSA) is 35.5 Å². The van der Waals surface area contributed by atoms with Crippen molar-refractivity contribution in [3.63, 3.8) is 0 Å². The van der Waals surface area contributed by atoms with Crippen LogP contribution >= 0.6 is 12.0 Å². The summed E-state index contributed by atoms with van der Waals surface area (Å²) in [7, 11) is 1.36. The summed E-state index contributed by atoms with van der Waals surface area (Å²) in [6, 6.07) is 0. The number of hydrogen-bond donors (Lipinski definition) is 0. The fourth-order valence-electron chi connectivity index (χ4n) is 0.630. The summed E-state index contributed by atoms with van der Waals surface area (Å²) in [5, 5.41) is 0. The van der Waals surface area contributed by atoms with E-state index in [2.05, 4.69) is 4.74 Å². The molecule has 0 radical (unpaired) electrons. The molecule has 0 fully saturated rings. The Balaban J connectivity index is 2.62. The first-order valence-corrected chi connectivity index (χ1v) is 3.98. The van der Waals surface area contributed by atoms with E-state index in [1.54, 1.807) is 12.2 Å². The zero-order valence-corrected chi connectivity index (χ0v) is 6.89. The Morgan fingerprint density at radius 1 is 1.82 bits per heavy atom. The maximum absolute atomic E-state index is 10.9. The van der Waals surface area contributed by atoms with Crippen LogP contribution in [0.4, 0.5) is 0 Å². The summed E-state index contributed by atoms with van der Waals surface area (Å²) in [5.41, 5.74) is 0.617. The Kier molecular flexibility index (Phi) is 3.04. The lowest BCUT2D eigenvalue weighted by molar-refractivity contribution is -0.135. The molecule has 0 saturated carbocycles. The molecule has 0 aliphatic carbocycles. The van der Waals surface area contributed by atoms with E-state index < -0.39 is 0 Å². The van der Waals surface area contributed by atoms with Crippen LogP contribution in [-0.2, 0) is 13.7 Å². The quantitative estimate of drug-likeness (QED) is 0.441. The minimum absolute atomic E-state index is 0.298. The highest BCUT2D eigenvalue weighted by atomic mass is 32.2. The van der Waals surface area contributed by atoms with Crippen molar-refractivity contribution in [1.82, 2.24) is 0 Å². The molecule has 0 saturated heterocycles. The Bertz CT molecular complexity index is 208. The van der Waals surface area contributed by atoms with E-state index in [1.807, 2.05) is 0 Å². The lowest BCUT2D eigenvalue weighted by atomic mass is 10.3. The number of ether oxygens (including phenoxy) is 1. The number of esters is 1. The molecule has 1 aliphatic heterocycles. The van der Waals surface area contributed by atoms with Gasteiger partial charge < -0.3 is 8.92 Å². The molecule has 0 aromatic rings. The van der Waals surface area contributed by atoms with Crippen LogP contribution in [0.5, 0.6) is 0 Å². The van der Waals surface area contributed by atoms with E-state index in [0.717, 1.165) is 0 Å². The third-order valence-electron chi connectivity index (χ3n) is 1.16. The fourth-order valence-corrected chi connectivity index (χ4v) is 1.18. The molecule has 0 N–H and O–H groups in total. The van der Waals surface area contributed by atoms with E-state index in [-0.39, 0.29) is 5.97 Å². The number of allylic oxidation sites excluding steroid dienone is 2. The average molecular weight is 172 g/mol. The van der Waals surface area contributed by atoms with Crippen molar-refractivity contribution < 1.29 is 13.7 Å². The predicted molar refractivity (Wildman–Crippen MR) is 42.8 cm³/mol. The Morgan fingerprint density at radius 2 is 2.64 bits per heavy atom. The highest BCUT2D eigenvalue weighted by Crippen LogP contribution is 2.14. The number of carbonyl (C=O) groups is 1. The van der Waals surface area contributed by atoms with Crippen molar-refractivity contribution >= 4 is 18.0 Å². The molecular weight excluding hydrogens is 164 g/mol. The molecule has 0 atom stereocenters. The maximum atomic E-state index is 10.9. The summed E-state index contributed by atoms with van der Waals surface area (Å²) < 4.78 is 9.43. The van der Waals surface area contributed by atoms with E-state index in [0.29, 0.717) is 11.3 Å². The van der Waals surface area contributed by atoms with Gasteiger partial charge in [0.1, 0.15) is 6.26 Å². The second kappa shape index (κ2) is 4.08. The third kappa shape index (κ3) is 2.31. The van der Waals surface area contributed by atoms with Crippen LogP contribution in [0.15, 0.2) is 24.0 Å². The van der Waals surface area contributed by atoms with Crippen LogP contribution < -0.4 is 0 Å². The summed E-state index contributed by atoms with van der Waals surface area (Å²) in [4.78, 5) is 10.9. The number of methoxy groups -OCH3 is 1. The first kappa shape index (κ1) is 8.20. The zero-order chi connectivity index (χ0) is 8.10. The standard InChI is InChI=1S/C7H8O3S/c1-9-7(8)6-3-2-4-10-11-5-6/h2-4H,5H2,1H3. The van der Waals surface area contributed by atoms with Crippen LogP contribution in [0.2, 0.25) is 0 Å². The van der Waals surface area contributed by atoms with E-state index >= 15 is 0 Å². The first-order chi connectivity index (χ1) is 5.34. The van der Waals surface area contributed by atoms with Crippen molar-refractivity contribution in [2.24, 2.45) is 0 Å². The third-order valence-corrected chi connectivity index (χ3v) is 1.84. The predicted octanol–water partition coefficient (Wildman–Crippen LogP) is 1.28. The average Bonchev–Trinajstić information content (AvgIpc) is 2.30. The normalized spacial score (nSPS) is 16.3. The fraction of sp³-hybridized carbons (Fsp3) is 0.286. The molecule has 60 valence electrons. The largest absolute Gasteiger partial charge is 0.466 e. The van der Waals surface area contributed by atoms with Gasteiger partial charge in [-0.25, -0.2) is 4.79 Å². The zero-order valence-electron chi connectivity index (χ0n) is 6.07. The van der Waals surface area contributed by atoms with Crippen molar-refractivity contribution in [3.05, 3.63) is 24.0 Å².